The third kappa shape index (κ3) is 1.71. The lowest BCUT2D eigenvalue weighted by molar-refractivity contribution is 0.0712. The number of urea groups is 1. The summed E-state index contributed by atoms with van der Waals surface area (Å²) in [6.45, 7) is 6.64. The maximum Gasteiger partial charge on any atom is 0.317 e. The Morgan fingerprint density at radius 1 is 1.57 bits per heavy atom. The highest BCUT2D eigenvalue weighted by Crippen LogP contribution is 2.24. The molecule has 0 aliphatic carbocycles. The van der Waals surface area contributed by atoms with Crippen molar-refractivity contribution < 1.29 is 9.53 Å². The molecular weight excluding hydrogens is 180 g/mol. The first kappa shape index (κ1) is 9.77. The van der Waals surface area contributed by atoms with Crippen LogP contribution in [0.3, 0.4) is 0 Å². The number of hydrogen-bond donors (Lipinski definition) is 1. The molecule has 0 aromatic rings. The molecule has 2 saturated heterocycles. The third-order valence-corrected chi connectivity index (χ3v) is 3.08. The van der Waals surface area contributed by atoms with Gasteiger partial charge in [-0.15, -0.1) is 0 Å². The minimum Gasteiger partial charge on any atom is -0.376 e. The fraction of sp³-hybridized carbons (Fsp3) is 0.900. The highest BCUT2D eigenvalue weighted by molar-refractivity contribution is 5.76. The minimum atomic E-state index is 0.0722. The van der Waals surface area contributed by atoms with E-state index in [9.17, 15) is 4.79 Å². The van der Waals surface area contributed by atoms with Crippen LogP contribution >= 0.6 is 0 Å². The van der Waals surface area contributed by atoms with E-state index in [0.29, 0.717) is 24.7 Å². The number of nitrogens with one attached hydrogen (secondary N) is 1. The summed E-state index contributed by atoms with van der Waals surface area (Å²) < 4.78 is 5.67. The van der Waals surface area contributed by atoms with E-state index in [1.165, 1.54) is 0 Å². The van der Waals surface area contributed by atoms with Gasteiger partial charge in [-0.25, -0.2) is 4.79 Å². The summed E-state index contributed by atoms with van der Waals surface area (Å²) in [7, 11) is 0. The van der Waals surface area contributed by atoms with Crippen LogP contribution < -0.4 is 5.32 Å². The molecule has 14 heavy (non-hydrogen) atoms. The first-order chi connectivity index (χ1) is 6.68. The molecule has 2 heterocycles. The van der Waals surface area contributed by atoms with E-state index in [1.54, 1.807) is 0 Å². The quantitative estimate of drug-likeness (QED) is 0.714. The fourth-order valence-electron chi connectivity index (χ4n) is 2.16. The van der Waals surface area contributed by atoms with Crippen LogP contribution in [0.25, 0.3) is 0 Å². The third-order valence-electron chi connectivity index (χ3n) is 3.08. The van der Waals surface area contributed by atoms with Crippen LogP contribution in [0.1, 0.15) is 20.3 Å². The molecule has 2 aliphatic rings. The Morgan fingerprint density at radius 3 is 2.86 bits per heavy atom. The lowest BCUT2D eigenvalue weighted by Gasteiger charge is -2.21. The largest absolute Gasteiger partial charge is 0.376 e. The van der Waals surface area contributed by atoms with Crippen molar-refractivity contribution in [2.45, 2.75) is 32.4 Å². The van der Waals surface area contributed by atoms with Crippen LogP contribution in [0.4, 0.5) is 4.79 Å². The second kappa shape index (κ2) is 3.77. The topological polar surface area (TPSA) is 41.6 Å². The standard InChI is InChI=1S/C10H18N2O2/c1-7(2)9-5-8(6-14-9)12-4-3-11-10(12)13/h7-9H,3-6H2,1-2H3,(H,11,13). The normalized spacial score (nSPS) is 32.8. The zero-order valence-corrected chi connectivity index (χ0v) is 8.82. The smallest absolute Gasteiger partial charge is 0.317 e. The van der Waals surface area contributed by atoms with Gasteiger partial charge in [0.15, 0.2) is 0 Å². The van der Waals surface area contributed by atoms with Crippen LogP contribution in [-0.2, 0) is 4.74 Å². The molecule has 4 heteroatoms. The first-order valence-electron chi connectivity index (χ1n) is 5.34. The fourth-order valence-corrected chi connectivity index (χ4v) is 2.16. The maximum absolute atomic E-state index is 11.4. The lowest BCUT2D eigenvalue weighted by Crippen LogP contribution is -2.38. The number of carbonyl (C=O) groups excluding carboxylic acids is 1. The summed E-state index contributed by atoms with van der Waals surface area (Å²) in [6.07, 6.45) is 1.32. The lowest BCUT2D eigenvalue weighted by atomic mass is 10.0. The molecule has 2 atom stereocenters. The summed E-state index contributed by atoms with van der Waals surface area (Å²) in [5.74, 6) is 0.547. The summed E-state index contributed by atoms with van der Waals surface area (Å²) in [5, 5.41) is 2.82. The molecule has 2 fully saturated rings. The number of nitrogens with zero attached hydrogens (tertiary/aromatic N) is 1. The average molecular weight is 198 g/mol. The van der Waals surface area contributed by atoms with Gasteiger partial charge in [0, 0.05) is 13.1 Å². The van der Waals surface area contributed by atoms with Crippen molar-refractivity contribution in [2.24, 2.45) is 5.92 Å². The molecular formula is C10H18N2O2. The van der Waals surface area contributed by atoms with Gasteiger partial charge in [-0.2, -0.15) is 0 Å². The van der Waals surface area contributed by atoms with E-state index < -0.39 is 0 Å². The first-order valence-corrected chi connectivity index (χ1v) is 5.34. The Labute approximate surface area is 84.6 Å². The molecule has 0 saturated carbocycles. The molecule has 1 N–H and O–H groups in total. The highest BCUT2D eigenvalue weighted by atomic mass is 16.5. The molecule has 4 nitrogen and oxygen atoms in total. The Hall–Kier alpha value is -0.770. The zero-order valence-electron chi connectivity index (χ0n) is 8.82. The van der Waals surface area contributed by atoms with Gasteiger partial charge < -0.3 is 15.0 Å². The Balaban J connectivity index is 1.92. The molecule has 2 rings (SSSR count). The van der Waals surface area contributed by atoms with Gasteiger partial charge in [0.1, 0.15) is 0 Å². The van der Waals surface area contributed by atoms with Crippen LogP contribution in [0, 0.1) is 5.92 Å². The molecule has 2 unspecified atom stereocenters. The number of carbonyl (C=O) groups is 1. The van der Waals surface area contributed by atoms with Crippen molar-refractivity contribution >= 4 is 6.03 Å². The average Bonchev–Trinajstić information content (AvgIpc) is 2.71. The van der Waals surface area contributed by atoms with Gasteiger partial charge >= 0.3 is 6.03 Å². The van der Waals surface area contributed by atoms with Crippen LogP contribution in [0.2, 0.25) is 0 Å². The second-order valence-electron chi connectivity index (χ2n) is 4.43. The van der Waals surface area contributed by atoms with Gasteiger partial charge in [-0.3, -0.25) is 0 Å². The zero-order chi connectivity index (χ0) is 10.1. The molecule has 0 aromatic heterocycles. The van der Waals surface area contributed by atoms with Gasteiger partial charge in [0.05, 0.1) is 18.8 Å². The molecule has 80 valence electrons. The summed E-state index contributed by atoms with van der Waals surface area (Å²) >= 11 is 0. The highest BCUT2D eigenvalue weighted by Gasteiger charge is 2.35. The van der Waals surface area contributed by atoms with E-state index in [0.717, 1.165) is 19.5 Å². The van der Waals surface area contributed by atoms with Gasteiger partial charge in [0.2, 0.25) is 0 Å². The summed E-state index contributed by atoms with van der Waals surface area (Å²) in [5.41, 5.74) is 0. The molecule has 0 bridgehead atoms. The van der Waals surface area contributed by atoms with Crippen molar-refractivity contribution in [2.75, 3.05) is 19.7 Å². The van der Waals surface area contributed by atoms with Crippen molar-refractivity contribution in [3.05, 3.63) is 0 Å². The van der Waals surface area contributed by atoms with Crippen molar-refractivity contribution in [3.8, 4) is 0 Å². The van der Waals surface area contributed by atoms with Crippen molar-refractivity contribution in [1.29, 1.82) is 0 Å². The number of ether oxygens (including phenoxy) is 1. The number of amides is 2. The van der Waals surface area contributed by atoms with E-state index >= 15 is 0 Å². The number of hydrogen-bond acceptors (Lipinski definition) is 2. The van der Waals surface area contributed by atoms with Gasteiger partial charge in [-0.1, -0.05) is 13.8 Å². The molecule has 0 spiro atoms. The van der Waals surface area contributed by atoms with E-state index in [-0.39, 0.29) is 6.03 Å². The maximum atomic E-state index is 11.4. The molecule has 2 amide bonds. The van der Waals surface area contributed by atoms with Gasteiger partial charge in [0.25, 0.3) is 0 Å². The van der Waals surface area contributed by atoms with Crippen LogP contribution in [0.15, 0.2) is 0 Å². The van der Waals surface area contributed by atoms with E-state index in [1.807, 2.05) is 4.90 Å². The van der Waals surface area contributed by atoms with E-state index in [4.69, 9.17) is 4.74 Å². The summed E-state index contributed by atoms with van der Waals surface area (Å²) in [4.78, 5) is 13.3. The van der Waals surface area contributed by atoms with Crippen molar-refractivity contribution in [1.82, 2.24) is 10.2 Å². The predicted molar refractivity (Wildman–Crippen MR) is 53.1 cm³/mol. The van der Waals surface area contributed by atoms with Crippen molar-refractivity contribution in [3.63, 3.8) is 0 Å². The second-order valence-corrected chi connectivity index (χ2v) is 4.43. The van der Waals surface area contributed by atoms with Crippen LogP contribution in [-0.4, -0.2) is 42.8 Å². The number of rotatable bonds is 2. The SMILES string of the molecule is CC(C)C1CC(N2CCNC2=O)CO1. The Kier molecular flexibility index (Phi) is 2.63. The monoisotopic (exact) mass is 198 g/mol. The Bertz CT molecular complexity index is 230. The predicted octanol–water partition coefficient (Wildman–Crippen LogP) is 0.825. The molecule has 0 radical (unpaired) electrons. The summed E-state index contributed by atoms with van der Waals surface area (Å²) in [6, 6.07) is 0.368. The van der Waals surface area contributed by atoms with Gasteiger partial charge in [-0.05, 0) is 12.3 Å². The van der Waals surface area contributed by atoms with E-state index in [2.05, 4.69) is 19.2 Å². The molecule has 0 aromatic carbocycles. The Morgan fingerprint density at radius 2 is 2.36 bits per heavy atom. The molecule has 2 aliphatic heterocycles. The minimum absolute atomic E-state index is 0.0722. The van der Waals surface area contributed by atoms with Crippen LogP contribution in [0.5, 0.6) is 0 Å².